The summed E-state index contributed by atoms with van der Waals surface area (Å²) >= 11 is 1.68. The van der Waals surface area contributed by atoms with Crippen LogP contribution in [0.25, 0.3) is 22.3 Å². The molecule has 0 aliphatic rings. The molecule has 3 heterocycles. The van der Waals surface area contributed by atoms with E-state index in [-0.39, 0.29) is 0 Å². The van der Waals surface area contributed by atoms with E-state index in [0.29, 0.717) is 6.54 Å². The Morgan fingerprint density at radius 1 is 0.800 bits per heavy atom. The molecule has 0 amide bonds. The van der Waals surface area contributed by atoms with E-state index in [1.165, 1.54) is 11.1 Å². The van der Waals surface area contributed by atoms with Crippen LogP contribution < -0.4 is 0 Å². The minimum Gasteiger partial charge on any atom is -0.297 e. The van der Waals surface area contributed by atoms with Crippen LogP contribution in [0.5, 0.6) is 0 Å². The maximum atomic E-state index is 4.57. The quantitative estimate of drug-likeness (QED) is 0.360. The second-order valence-corrected chi connectivity index (χ2v) is 7.84. The lowest BCUT2D eigenvalue weighted by molar-refractivity contribution is 0.714. The number of rotatable bonds is 6. The van der Waals surface area contributed by atoms with Crippen molar-refractivity contribution in [2.75, 3.05) is 0 Å². The topological polar surface area (TPSA) is 56.5 Å². The van der Waals surface area contributed by atoms with Crippen molar-refractivity contribution in [3.8, 4) is 11.4 Å². The number of hydrogen-bond donors (Lipinski definition) is 0. The third kappa shape index (κ3) is 3.82. The summed E-state index contributed by atoms with van der Waals surface area (Å²) in [4.78, 5) is 8.82. The van der Waals surface area contributed by atoms with Gasteiger partial charge in [0, 0.05) is 35.3 Å². The molecule has 0 aliphatic carbocycles. The molecule has 0 atom stereocenters. The van der Waals surface area contributed by atoms with Gasteiger partial charge in [0.25, 0.3) is 0 Å². The van der Waals surface area contributed by atoms with E-state index in [1.807, 2.05) is 36.7 Å². The van der Waals surface area contributed by atoms with Crippen LogP contribution in [0.2, 0.25) is 0 Å². The number of aromatic nitrogens is 5. The molecule has 30 heavy (non-hydrogen) atoms. The van der Waals surface area contributed by atoms with Gasteiger partial charge in [0.2, 0.25) is 0 Å². The van der Waals surface area contributed by atoms with Gasteiger partial charge in [0.1, 0.15) is 0 Å². The van der Waals surface area contributed by atoms with Crippen LogP contribution in [-0.4, -0.2) is 24.7 Å². The molecule has 5 aromatic rings. The van der Waals surface area contributed by atoms with Gasteiger partial charge in [0.15, 0.2) is 11.0 Å². The van der Waals surface area contributed by atoms with Crippen LogP contribution in [-0.2, 0) is 12.3 Å². The standard InChI is InChI=1S/C24H19N5S/c1-2-7-18(8-3-1)16-29-23(20-12-5-13-25-15-20)27-28-24(29)30-17-21-10-4-9-19-11-6-14-26-22(19)21/h1-15H,16-17H2. The molecule has 5 rings (SSSR count). The molecule has 0 saturated heterocycles. The summed E-state index contributed by atoms with van der Waals surface area (Å²) in [6, 6.07) is 24.7. The van der Waals surface area contributed by atoms with Crippen LogP contribution >= 0.6 is 11.8 Å². The van der Waals surface area contributed by atoms with E-state index in [2.05, 4.69) is 73.3 Å². The second-order valence-electron chi connectivity index (χ2n) is 6.90. The molecule has 3 aromatic heterocycles. The van der Waals surface area contributed by atoms with Gasteiger partial charge in [-0.2, -0.15) is 0 Å². The molecule has 5 nitrogen and oxygen atoms in total. The normalized spacial score (nSPS) is 11.1. The Kier molecular flexibility index (Phi) is 5.23. The maximum absolute atomic E-state index is 4.57. The molecular formula is C24H19N5S. The van der Waals surface area contributed by atoms with Crippen molar-refractivity contribution in [3.63, 3.8) is 0 Å². The minimum absolute atomic E-state index is 0.703. The lowest BCUT2D eigenvalue weighted by Crippen LogP contribution is -2.04. The molecule has 0 fully saturated rings. The van der Waals surface area contributed by atoms with E-state index < -0.39 is 0 Å². The highest BCUT2D eigenvalue weighted by molar-refractivity contribution is 7.98. The van der Waals surface area contributed by atoms with Gasteiger partial charge >= 0.3 is 0 Å². The Morgan fingerprint density at radius 3 is 2.53 bits per heavy atom. The van der Waals surface area contributed by atoms with E-state index in [4.69, 9.17) is 0 Å². The van der Waals surface area contributed by atoms with E-state index >= 15 is 0 Å². The maximum Gasteiger partial charge on any atom is 0.192 e. The Balaban J connectivity index is 1.49. The van der Waals surface area contributed by atoms with Gasteiger partial charge in [-0.3, -0.25) is 14.5 Å². The SMILES string of the molecule is c1ccc(Cn2c(SCc3cccc4cccnc34)nnc2-c2cccnc2)cc1. The molecule has 6 heteroatoms. The molecule has 0 radical (unpaired) electrons. The van der Waals surface area contributed by atoms with Crippen LogP contribution in [0.3, 0.4) is 0 Å². The van der Waals surface area contributed by atoms with E-state index in [0.717, 1.165) is 33.2 Å². The first-order valence-electron chi connectivity index (χ1n) is 9.71. The van der Waals surface area contributed by atoms with Gasteiger partial charge in [-0.25, -0.2) is 0 Å². The zero-order valence-corrected chi connectivity index (χ0v) is 17.0. The number of fused-ring (bicyclic) bond motifs is 1. The molecule has 0 spiro atoms. The Morgan fingerprint density at radius 2 is 1.67 bits per heavy atom. The van der Waals surface area contributed by atoms with Gasteiger partial charge in [-0.1, -0.05) is 66.4 Å². The summed E-state index contributed by atoms with van der Waals surface area (Å²) in [5.74, 6) is 1.60. The molecule has 146 valence electrons. The summed E-state index contributed by atoms with van der Waals surface area (Å²) in [6.45, 7) is 0.703. The number of pyridine rings is 2. The van der Waals surface area contributed by atoms with Crippen molar-refractivity contribution in [1.29, 1.82) is 0 Å². The summed E-state index contributed by atoms with van der Waals surface area (Å²) in [7, 11) is 0. The average Bonchev–Trinajstić information content (AvgIpc) is 3.21. The van der Waals surface area contributed by atoms with Crippen LogP contribution in [0.15, 0.2) is 96.5 Å². The van der Waals surface area contributed by atoms with Crippen molar-refractivity contribution in [2.24, 2.45) is 0 Å². The lowest BCUT2D eigenvalue weighted by Gasteiger charge is -2.11. The van der Waals surface area contributed by atoms with E-state index in [9.17, 15) is 0 Å². The van der Waals surface area contributed by atoms with Crippen molar-refractivity contribution in [3.05, 3.63) is 103 Å². The third-order valence-corrected chi connectivity index (χ3v) is 5.91. The number of benzene rings is 2. The predicted octanol–water partition coefficient (Wildman–Crippen LogP) is 5.23. The molecule has 0 bridgehead atoms. The van der Waals surface area contributed by atoms with E-state index in [1.54, 1.807) is 18.0 Å². The van der Waals surface area contributed by atoms with Crippen molar-refractivity contribution >= 4 is 22.7 Å². The van der Waals surface area contributed by atoms with Gasteiger partial charge in [-0.15, -0.1) is 10.2 Å². The predicted molar refractivity (Wildman–Crippen MR) is 120 cm³/mol. The third-order valence-electron chi connectivity index (χ3n) is 4.89. The molecular weight excluding hydrogens is 390 g/mol. The smallest absolute Gasteiger partial charge is 0.192 e. The Bertz CT molecular complexity index is 1260. The fraction of sp³-hybridized carbons (Fsp3) is 0.0833. The van der Waals surface area contributed by atoms with Crippen LogP contribution in [0, 0.1) is 0 Å². The summed E-state index contributed by atoms with van der Waals surface area (Å²) < 4.78 is 2.16. The van der Waals surface area contributed by atoms with Crippen molar-refractivity contribution in [1.82, 2.24) is 24.7 Å². The highest BCUT2D eigenvalue weighted by Crippen LogP contribution is 2.29. The Labute approximate surface area is 178 Å². The largest absolute Gasteiger partial charge is 0.297 e. The number of para-hydroxylation sites is 1. The van der Waals surface area contributed by atoms with Crippen molar-refractivity contribution < 1.29 is 0 Å². The first-order valence-corrected chi connectivity index (χ1v) is 10.7. The first kappa shape index (κ1) is 18.5. The number of nitrogens with zero attached hydrogens (tertiary/aromatic N) is 5. The summed E-state index contributed by atoms with van der Waals surface area (Å²) in [5, 5.41) is 11.0. The summed E-state index contributed by atoms with van der Waals surface area (Å²) in [5.41, 5.74) is 4.39. The van der Waals surface area contributed by atoms with Crippen LogP contribution in [0.4, 0.5) is 0 Å². The van der Waals surface area contributed by atoms with Crippen LogP contribution in [0.1, 0.15) is 11.1 Å². The highest BCUT2D eigenvalue weighted by atomic mass is 32.2. The molecule has 2 aromatic carbocycles. The molecule has 0 saturated carbocycles. The zero-order valence-electron chi connectivity index (χ0n) is 16.2. The van der Waals surface area contributed by atoms with Crippen molar-refractivity contribution in [2.45, 2.75) is 17.5 Å². The number of thioether (sulfide) groups is 1. The highest BCUT2D eigenvalue weighted by Gasteiger charge is 2.15. The van der Waals surface area contributed by atoms with Gasteiger partial charge in [0.05, 0.1) is 12.1 Å². The minimum atomic E-state index is 0.703. The monoisotopic (exact) mass is 409 g/mol. The van der Waals surface area contributed by atoms with Gasteiger partial charge in [-0.05, 0) is 29.3 Å². The Hall–Kier alpha value is -3.51. The molecule has 0 unspecified atom stereocenters. The first-order chi connectivity index (χ1) is 14.9. The second kappa shape index (κ2) is 8.47. The average molecular weight is 410 g/mol. The summed E-state index contributed by atoms with van der Waals surface area (Å²) in [6.07, 6.45) is 5.44. The lowest BCUT2D eigenvalue weighted by atomic mass is 10.1. The fourth-order valence-electron chi connectivity index (χ4n) is 3.44. The van der Waals surface area contributed by atoms with Gasteiger partial charge < -0.3 is 0 Å². The molecule has 0 N–H and O–H groups in total. The fourth-order valence-corrected chi connectivity index (χ4v) is 4.36. The molecule has 0 aliphatic heterocycles. The zero-order chi connectivity index (χ0) is 20.2. The number of hydrogen-bond acceptors (Lipinski definition) is 5.